The number of methoxy groups -OCH3 is 1. The molecule has 0 fully saturated rings. The van der Waals surface area contributed by atoms with E-state index in [1.807, 2.05) is 32.0 Å². The maximum absolute atomic E-state index is 10.4. The van der Waals surface area contributed by atoms with Crippen LogP contribution in [0.25, 0.3) is 0 Å². The summed E-state index contributed by atoms with van der Waals surface area (Å²) in [6, 6.07) is 6.02. The summed E-state index contributed by atoms with van der Waals surface area (Å²) in [5.74, 6) is 1.53. The zero-order valence-corrected chi connectivity index (χ0v) is 13.9. The van der Waals surface area contributed by atoms with Gasteiger partial charge in [-0.3, -0.25) is 0 Å². The van der Waals surface area contributed by atoms with Gasteiger partial charge >= 0.3 is 0 Å². The van der Waals surface area contributed by atoms with Gasteiger partial charge in [-0.1, -0.05) is 26.8 Å². The van der Waals surface area contributed by atoms with Crippen LogP contribution >= 0.6 is 0 Å². The minimum atomic E-state index is -0.776. The molecule has 0 heterocycles. The van der Waals surface area contributed by atoms with Crippen molar-refractivity contribution in [2.45, 2.75) is 52.2 Å². The van der Waals surface area contributed by atoms with Crippen LogP contribution in [-0.4, -0.2) is 31.0 Å². The summed E-state index contributed by atoms with van der Waals surface area (Å²) in [6.45, 7) is 9.30. The molecule has 0 saturated carbocycles. The molecule has 0 bridgehead atoms. The van der Waals surface area contributed by atoms with Crippen LogP contribution in [0.1, 0.15) is 52.1 Å². The van der Waals surface area contributed by atoms with E-state index in [1.165, 1.54) is 0 Å². The Labute approximate surface area is 128 Å². The lowest BCUT2D eigenvalue weighted by Crippen LogP contribution is -2.34. The van der Waals surface area contributed by atoms with Gasteiger partial charge in [-0.2, -0.15) is 0 Å². The summed E-state index contributed by atoms with van der Waals surface area (Å²) < 4.78 is 11.2. The number of aliphatic hydroxyl groups is 1. The lowest BCUT2D eigenvalue weighted by Gasteiger charge is -2.27. The third-order valence-corrected chi connectivity index (χ3v) is 4.01. The zero-order chi connectivity index (χ0) is 15.9. The second-order valence-electron chi connectivity index (χ2n) is 5.40. The van der Waals surface area contributed by atoms with E-state index < -0.39 is 5.60 Å². The standard InChI is InChI=1S/C17H29NO3/c1-6-17(19,7-2)12-21-16-11-14(20-5)9-10-15(16)13(4)18-8-3/h9-11,13,18-19H,6-8,12H2,1-5H3. The molecule has 0 aliphatic rings. The quantitative estimate of drug-likeness (QED) is 0.734. The van der Waals surface area contributed by atoms with Gasteiger partial charge in [0.05, 0.1) is 12.7 Å². The van der Waals surface area contributed by atoms with Gasteiger partial charge in [-0.25, -0.2) is 0 Å². The van der Waals surface area contributed by atoms with E-state index in [1.54, 1.807) is 7.11 Å². The Morgan fingerprint density at radius 2 is 1.90 bits per heavy atom. The summed E-state index contributed by atoms with van der Waals surface area (Å²) in [7, 11) is 1.64. The summed E-state index contributed by atoms with van der Waals surface area (Å²) >= 11 is 0. The number of benzene rings is 1. The maximum atomic E-state index is 10.4. The first-order valence-electron chi connectivity index (χ1n) is 7.76. The highest BCUT2D eigenvalue weighted by molar-refractivity contribution is 5.42. The molecule has 120 valence electrons. The molecule has 0 spiro atoms. The van der Waals surface area contributed by atoms with Crippen molar-refractivity contribution in [3.8, 4) is 11.5 Å². The Hall–Kier alpha value is -1.26. The van der Waals surface area contributed by atoms with E-state index in [-0.39, 0.29) is 6.04 Å². The van der Waals surface area contributed by atoms with Gasteiger partial charge in [-0.15, -0.1) is 0 Å². The van der Waals surface area contributed by atoms with Crippen molar-refractivity contribution in [2.75, 3.05) is 20.3 Å². The molecule has 4 nitrogen and oxygen atoms in total. The van der Waals surface area contributed by atoms with Crippen LogP contribution in [0.5, 0.6) is 11.5 Å². The topological polar surface area (TPSA) is 50.7 Å². The molecule has 1 atom stereocenters. The molecule has 0 radical (unpaired) electrons. The van der Waals surface area contributed by atoms with Crippen molar-refractivity contribution >= 4 is 0 Å². The van der Waals surface area contributed by atoms with Crippen LogP contribution < -0.4 is 14.8 Å². The highest BCUT2D eigenvalue weighted by atomic mass is 16.5. The number of nitrogens with one attached hydrogen (secondary N) is 1. The Kier molecular flexibility index (Phi) is 6.99. The minimum absolute atomic E-state index is 0.187. The van der Waals surface area contributed by atoms with Crippen molar-refractivity contribution in [2.24, 2.45) is 0 Å². The van der Waals surface area contributed by atoms with Crippen LogP contribution in [0.15, 0.2) is 18.2 Å². The van der Waals surface area contributed by atoms with E-state index in [4.69, 9.17) is 9.47 Å². The lowest BCUT2D eigenvalue weighted by atomic mass is 9.99. The van der Waals surface area contributed by atoms with Crippen molar-refractivity contribution in [3.63, 3.8) is 0 Å². The van der Waals surface area contributed by atoms with Gasteiger partial charge < -0.3 is 19.9 Å². The summed E-state index contributed by atoms with van der Waals surface area (Å²) in [5.41, 5.74) is 0.300. The number of rotatable bonds is 9. The van der Waals surface area contributed by atoms with Gasteiger partial charge in [0.15, 0.2) is 0 Å². The van der Waals surface area contributed by atoms with Gasteiger partial charge in [0, 0.05) is 17.7 Å². The molecule has 1 rings (SSSR count). The van der Waals surface area contributed by atoms with E-state index in [9.17, 15) is 5.11 Å². The second-order valence-corrected chi connectivity index (χ2v) is 5.40. The molecule has 2 N–H and O–H groups in total. The van der Waals surface area contributed by atoms with Crippen LogP contribution in [-0.2, 0) is 0 Å². The molecule has 0 amide bonds. The molecule has 1 aromatic carbocycles. The number of hydrogen-bond acceptors (Lipinski definition) is 4. The van der Waals surface area contributed by atoms with E-state index in [0.717, 1.165) is 23.6 Å². The summed E-state index contributed by atoms with van der Waals surface area (Å²) in [6.07, 6.45) is 1.34. The highest BCUT2D eigenvalue weighted by Gasteiger charge is 2.24. The van der Waals surface area contributed by atoms with Gasteiger partial charge in [-0.05, 0) is 32.4 Å². The Bertz CT molecular complexity index is 430. The number of ether oxygens (including phenoxy) is 2. The molecule has 4 heteroatoms. The second kappa shape index (κ2) is 8.25. The fraction of sp³-hybridized carbons (Fsp3) is 0.647. The van der Waals surface area contributed by atoms with Crippen molar-refractivity contribution in [3.05, 3.63) is 23.8 Å². The predicted octanol–water partition coefficient (Wildman–Crippen LogP) is 3.30. The smallest absolute Gasteiger partial charge is 0.127 e. The lowest BCUT2D eigenvalue weighted by molar-refractivity contribution is -0.0117. The largest absolute Gasteiger partial charge is 0.497 e. The Balaban J connectivity index is 2.96. The number of hydrogen-bond donors (Lipinski definition) is 2. The maximum Gasteiger partial charge on any atom is 0.127 e. The Morgan fingerprint density at radius 3 is 2.43 bits per heavy atom. The first kappa shape index (κ1) is 17.8. The minimum Gasteiger partial charge on any atom is -0.497 e. The van der Waals surface area contributed by atoms with Crippen molar-refractivity contribution < 1.29 is 14.6 Å². The van der Waals surface area contributed by atoms with E-state index >= 15 is 0 Å². The predicted molar refractivity (Wildman–Crippen MR) is 86.1 cm³/mol. The molecule has 1 aromatic rings. The van der Waals surface area contributed by atoms with Crippen LogP contribution in [0.3, 0.4) is 0 Å². The van der Waals surface area contributed by atoms with Gasteiger partial charge in [0.25, 0.3) is 0 Å². The summed E-state index contributed by atoms with van der Waals surface area (Å²) in [4.78, 5) is 0. The third kappa shape index (κ3) is 4.90. The zero-order valence-electron chi connectivity index (χ0n) is 13.9. The highest BCUT2D eigenvalue weighted by Crippen LogP contribution is 2.30. The van der Waals surface area contributed by atoms with Crippen LogP contribution in [0, 0.1) is 0 Å². The molecular weight excluding hydrogens is 266 g/mol. The fourth-order valence-corrected chi connectivity index (χ4v) is 2.21. The monoisotopic (exact) mass is 295 g/mol. The average Bonchev–Trinajstić information content (AvgIpc) is 2.52. The SMILES string of the molecule is CCNC(C)c1ccc(OC)cc1OCC(O)(CC)CC. The van der Waals surface area contributed by atoms with Gasteiger partial charge in [0.1, 0.15) is 18.1 Å². The fourth-order valence-electron chi connectivity index (χ4n) is 2.21. The Morgan fingerprint density at radius 1 is 1.24 bits per heavy atom. The molecule has 0 aliphatic heterocycles. The van der Waals surface area contributed by atoms with E-state index in [0.29, 0.717) is 19.4 Å². The molecule has 0 aliphatic carbocycles. The normalized spacial score (nSPS) is 13.0. The molecule has 0 saturated heterocycles. The van der Waals surface area contributed by atoms with Crippen molar-refractivity contribution in [1.29, 1.82) is 0 Å². The molecule has 1 unspecified atom stereocenters. The van der Waals surface area contributed by atoms with Gasteiger partial charge in [0.2, 0.25) is 0 Å². The first-order valence-corrected chi connectivity index (χ1v) is 7.76. The molecular formula is C17H29NO3. The van der Waals surface area contributed by atoms with Crippen molar-refractivity contribution in [1.82, 2.24) is 5.32 Å². The third-order valence-electron chi connectivity index (χ3n) is 4.01. The van der Waals surface area contributed by atoms with Crippen LogP contribution in [0.4, 0.5) is 0 Å². The van der Waals surface area contributed by atoms with Crippen LogP contribution in [0.2, 0.25) is 0 Å². The first-order chi connectivity index (χ1) is 9.99. The average molecular weight is 295 g/mol. The summed E-state index contributed by atoms with van der Waals surface area (Å²) in [5, 5.41) is 13.8. The van der Waals surface area contributed by atoms with E-state index in [2.05, 4.69) is 19.2 Å². The molecule has 21 heavy (non-hydrogen) atoms. The molecule has 0 aromatic heterocycles.